The summed E-state index contributed by atoms with van der Waals surface area (Å²) in [4.78, 5) is 0. The van der Waals surface area contributed by atoms with E-state index in [4.69, 9.17) is 25.5 Å². The van der Waals surface area contributed by atoms with Gasteiger partial charge in [-0.1, -0.05) is 44.5 Å². The molecule has 0 saturated heterocycles. The first kappa shape index (κ1) is 21.2. The van der Waals surface area contributed by atoms with E-state index >= 15 is 0 Å². The molecule has 0 aliphatic carbocycles. The van der Waals surface area contributed by atoms with Crippen LogP contribution in [0.2, 0.25) is 18.1 Å². The van der Waals surface area contributed by atoms with Gasteiger partial charge in [0, 0.05) is 5.54 Å². The molecule has 0 radical (unpaired) electrons. The second kappa shape index (κ2) is 9.61. The molecule has 0 heterocycles. The number of methoxy groups -OCH3 is 1. The minimum atomic E-state index is -1.75. The van der Waals surface area contributed by atoms with Gasteiger partial charge in [0.15, 0.2) is 8.32 Å². The Morgan fingerprint density at radius 1 is 1.17 bits per heavy atom. The van der Waals surface area contributed by atoms with Crippen LogP contribution < -0.4 is 4.74 Å². The molecule has 0 aliphatic rings. The zero-order chi connectivity index (χ0) is 18.2. The van der Waals surface area contributed by atoms with Crippen molar-refractivity contribution in [2.75, 3.05) is 20.3 Å². The predicted octanol–water partition coefficient (Wildman–Crippen LogP) is 5.75. The lowest BCUT2D eigenvalue weighted by Crippen LogP contribution is -2.41. The number of rotatable bonds is 9. The summed E-state index contributed by atoms with van der Waals surface area (Å²) in [5.41, 5.74) is 3.84. The fourth-order valence-corrected chi connectivity index (χ4v) is 2.91. The Hall–Kier alpha value is -0.813. The van der Waals surface area contributed by atoms with Crippen molar-refractivity contribution < 1.29 is 13.9 Å². The van der Waals surface area contributed by atoms with Gasteiger partial charge in [-0.2, -0.15) is 0 Å². The van der Waals surface area contributed by atoms with Gasteiger partial charge in [0.2, 0.25) is 0 Å². The van der Waals surface area contributed by atoms with Gasteiger partial charge in [0.1, 0.15) is 5.75 Å². The first-order valence-electron chi connectivity index (χ1n) is 8.32. The summed E-state index contributed by atoms with van der Waals surface area (Å²) < 4.78 is 17.1. The zero-order valence-electron chi connectivity index (χ0n) is 15.8. The van der Waals surface area contributed by atoms with Crippen molar-refractivity contribution in [3.05, 3.63) is 40.9 Å². The lowest BCUT2D eigenvalue weighted by Gasteiger charge is -2.36. The smallest absolute Gasteiger partial charge is 0.192 e. The van der Waals surface area contributed by atoms with Gasteiger partial charge in [-0.3, -0.25) is 0 Å². The second-order valence-corrected chi connectivity index (χ2v) is 12.5. The van der Waals surface area contributed by atoms with Crippen LogP contribution in [0.25, 0.3) is 0 Å². The molecule has 1 aromatic carbocycles. The highest BCUT2D eigenvalue weighted by Crippen LogP contribution is 2.36. The van der Waals surface area contributed by atoms with Crippen molar-refractivity contribution in [3.8, 4) is 5.75 Å². The van der Waals surface area contributed by atoms with Crippen molar-refractivity contribution in [3.63, 3.8) is 0 Å². The van der Waals surface area contributed by atoms with Crippen molar-refractivity contribution >= 4 is 19.9 Å². The van der Waals surface area contributed by atoms with Crippen LogP contribution in [0.3, 0.4) is 0 Å². The fraction of sp³-hybridized carbons (Fsp3) is 0.579. The van der Waals surface area contributed by atoms with Crippen LogP contribution in [0, 0.1) is 0 Å². The van der Waals surface area contributed by atoms with Crippen LogP contribution in [-0.4, -0.2) is 28.6 Å². The normalized spacial score (nSPS) is 13.2. The van der Waals surface area contributed by atoms with Crippen molar-refractivity contribution in [1.82, 2.24) is 0 Å². The largest absolute Gasteiger partial charge is 0.497 e. The Balaban J connectivity index is 2.34. The van der Waals surface area contributed by atoms with Crippen molar-refractivity contribution in [2.45, 2.75) is 51.9 Å². The maximum Gasteiger partial charge on any atom is 0.192 e. The lowest BCUT2D eigenvalue weighted by molar-refractivity contribution is 0.122. The summed E-state index contributed by atoms with van der Waals surface area (Å²) in [5.74, 6) is 0.855. The molecule has 5 heteroatoms. The Bertz CT molecular complexity index is 518. The van der Waals surface area contributed by atoms with Crippen LogP contribution >= 0.6 is 11.6 Å². The molecule has 0 fully saturated rings. The third-order valence-electron chi connectivity index (χ3n) is 4.57. The molecule has 0 saturated carbocycles. The van der Waals surface area contributed by atoms with Gasteiger partial charge in [-0.05, 0) is 47.8 Å². The minimum Gasteiger partial charge on any atom is -0.497 e. The van der Waals surface area contributed by atoms with Gasteiger partial charge in [0.25, 0.3) is 0 Å². The van der Waals surface area contributed by atoms with E-state index in [1.807, 2.05) is 24.3 Å². The first-order chi connectivity index (χ1) is 11.2. The molecule has 136 valence electrons. The SMILES string of the molecule is COc1ccc(COCC/C(=C/Cl)CO[Si](C)(C)C(C)(C)C)cc1. The summed E-state index contributed by atoms with van der Waals surface area (Å²) in [5, 5.41) is 0.204. The van der Waals surface area contributed by atoms with E-state index in [-0.39, 0.29) is 5.04 Å². The second-order valence-electron chi connectivity index (χ2n) is 7.47. The molecular formula is C19H31ClO3Si. The molecule has 0 bridgehead atoms. The molecule has 0 atom stereocenters. The van der Waals surface area contributed by atoms with E-state index in [0.717, 1.165) is 23.3 Å². The Morgan fingerprint density at radius 3 is 2.29 bits per heavy atom. The van der Waals surface area contributed by atoms with Gasteiger partial charge >= 0.3 is 0 Å². The molecule has 0 aliphatic heterocycles. The molecule has 1 aromatic rings. The third kappa shape index (κ3) is 6.97. The molecule has 24 heavy (non-hydrogen) atoms. The van der Waals surface area contributed by atoms with Gasteiger partial charge in [0.05, 0.1) is 26.9 Å². The summed E-state index contributed by atoms with van der Waals surface area (Å²) in [7, 11) is -0.0813. The fourth-order valence-electron chi connectivity index (χ4n) is 1.76. The van der Waals surface area contributed by atoms with Crippen LogP contribution in [0.4, 0.5) is 0 Å². The minimum absolute atomic E-state index is 0.204. The summed E-state index contributed by atoms with van der Waals surface area (Å²) in [6.07, 6.45) is 0.786. The van der Waals surface area contributed by atoms with Crippen LogP contribution in [0.5, 0.6) is 5.75 Å². The van der Waals surface area contributed by atoms with Crippen molar-refractivity contribution in [2.24, 2.45) is 0 Å². The molecule has 0 aromatic heterocycles. The summed E-state index contributed by atoms with van der Waals surface area (Å²) in [6, 6.07) is 7.90. The topological polar surface area (TPSA) is 27.7 Å². The number of hydrogen-bond donors (Lipinski definition) is 0. The average Bonchev–Trinajstić information content (AvgIpc) is 2.53. The maximum absolute atomic E-state index is 6.20. The number of halogens is 1. The highest BCUT2D eigenvalue weighted by atomic mass is 35.5. The number of hydrogen-bond acceptors (Lipinski definition) is 3. The van der Waals surface area contributed by atoms with Gasteiger partial charge in [-0.15, -0.1) is 0 Å². The standard InChI is InChI=1S/C19H31ClO3Si/c1-19(2,3)24(5,6)23-15-17(13-20)11-12-22-14-16-7-9-18(21-4)10-8-16/h7-10,13H,11-12,14-15H2,1-6H3/b17-13-. The van der Waals surface area contributed by atoms with E-state index in [1.54, 1.807) is 12.6 Å². The maximum atomic E-state index is 6.20. The van der Waals surface area contributed by atoms with E-state index in [0.29, 0.717) is 19.8 Å². The molecule has 0 amide bonds. The van der Waals surface area contributed by atoms with E-state index in [1.165, 1.54) is 0 Å². The van der Waals surface area contributed by atoms with E-state index in [9.17, 15) is 0 Å². The van der Waals surface area contributed by atoms with Gasteiger partial charge in [-0.25, -0.2) is 0 Å². The Morgan fingerprint density at radius 2 is 1.79 bits per heavy atom. The summed E-state index contributed by atoms with van der Waals surface area (Å²) in [6.45, 7) is 13.0. The number of benzene rings is 1. The van der Waals surface area contributed by atoms with E-state index < -0.39 is 8.32 Å². The van der Waals surface area contributed by atoms with Gasteiger partial charge < -0.3 is 13.9 Å². The zero-order valence-corrected chi connectivity index (χ0v) is 17.6. The lowest BCUT2D eigenvalue weighted by atomic mass is 10.2. The Kier molecular flexibility index (Phi) is 8.50. The number of ether oxygens (including phenoxy) is 2. The molecule has 0 unspecified atom stereocenters. The molecular weight excluding hydrogens is 340 g/mol. The highest BCUT2D eigenvalue weighted by molar-refractivity contribution is 6.74. The predicted molar refractivity (Wildman–Crippen MR) is 104 cm³/mol. The summed E-state index contributed by atoms with van der Waals surface area (Å²) >= 11 is 5.94. The highest BCUT2D eigenvalue weighted by Gasteiger charge is 2.37. The third-order valence-corrected chi connectivity index (χ3v) is 9.36. The monoisotopic (exact) mass is 370 g/mol. The van der Waals surface area contributed by atoms with E-state index in [2.05, 4.69) is 33.9 Å². The molecule has 0 N–H and O–H groups in total. The van der Waals surface area contributed by atoms with Crippen LogP contribution in [0.15, 0.2) is 35.4 Å². The van der Waals surface area contributed by atoms with Crippen LogP contribution in [-0.2, 0) is 15.8 Å². The molecule has 1 rings (SSSR count). The average molecular weight is 371 g/mol. The van der Waals surface area contributed by atoms with Crippen LogP contribution in [0.1, 0.15) is 32.8 Å². The molecule has 0 spiro atoms. The first-order valence-corrected chi connectivity index (χ1v) is 11.7. The Labute approximate surface area is 153 Å². The van der Waals surface area contributed by atoms with Crippen molar-refractivity contribution in [1.29, 1.82) is 0 Å². The molecule has 3 nitrogen and oxygen atoms in total. The quantitative estimate of drug-likeness (QED) is 0.409.